The normalized spacial score (nSPS) is 12.0. The molecule has 2 aromatic carbocycles. The lowest BCUT2D eigenvalue weighted by atomic mass is 10.2. The lowest BCUT2D eigenvalue weighted by Gasteiger charge is -2.10. The molecule has 140 valence electrons. The fourth-order valence-corrected chi connectivity index (χ4v) is 3.33. The standard InChI is InChI=1S/C20H16N4O3S/c25-19-11-13-23(16-8-6-15(7-9-16)14-28(26)27)22-20(19)18-10-12-21-24(18)17-4-2-1-3-5-17/h1-13H,14H2,(H,26,27)/p-1. The number of para-hydroxylation sites is 1. The molecule has 0 aliphatic rings. The van der Waals surface area contributed by atoms with E-state index in [1.807, 2.05) is 30.3 Å². The Labute approximate surface area is 163 Å². The number of rotatable bonds is 5. The Kier molecular flexibility index (Phi) is 4.96. The molecule has 2 aromatic heterocycles. The highest BCUT2D eigenvalue weighted by Crippen LogP contribution is 2.18. The molecular formula is C20H15N4O3S-. The summed E-state index contributed by atoms with van der Waals surface area (Å²) in [6.45, 7) is 0. The Morgan fingerprint density at radius 1 is 0.929 bits per heavy atom. The Hall–Kier alpha value is -3.36. The Morgan fingerprint density at radius 2 is 1.68 bits per heavy atom. The molecule has 0 N–H and O–H groups in total. The van der Waals surface area contributed by atoms with Gasteiger partial charge in [0.2, 0.25) is 5.43 Å². The average Bonchev–Trinajstić information content (AvgIpc) is 3.19. The lowest BCUT2D eigenvalue weighted by Crippen LogP contribution is -2.14. The summed E-state index contributed by atoms with van der Waals surface area (Å²) in [6, 6.07) is 19.7. The van der Waals surface area contributed by atoms with Crippen molar-refractivity contribution in [3.8, 4) is 22.8 Å². The van der Waals surface area contributed by atoms with Crippen LogP contribution in [0.5, 0.6) is 0 Å². The van der Waals surface area contributed by atoms with Crippen molar-refractivity contribution in [1.29, 1.82) is 0 Å². The number of nitrogens with zero attached hydrogens (tertiary/aromatic N) is 4. The van der Waals surface area contributed by atoms with Gasteiger partial charge < -0.3 is 4.55 Å². The molecule has 0 amide bonds. The van der Waals surface area contributed by atoms with E-state index in [-0.39, 0.29) is 16.9 Å². The Bertz CT molecular complexity index is 1180. The zero-order valence-corrected chi connectivity index (χ0v) is 15.5. The van der Waals surface area contributed by atoms with Crippen molar-refractivity contribution >= 4 is 11.1 Å². The summed E-state index contributed by atoms with van der Waals surface area (Å²) in [5, 5.41) is 8.80. The summed E-state index contributed by atoms with van der Waals surface area (Å²) in [6.07, 6.45) is 3.20. The maximum atomic E-state index is 12.5. The molecule has 2 heterocycles. The van der Waals surface area contributed by atoms with Gasteiger partial charge in [0, 0.05) is 18.0 Å². The first kappa shape index (κ1) is 18.0. The average molecular weight is 391 g/mol. The molecule has 4 rings (SSSR count). The van der Waals surface area contributed by atoms with Gasteiger partial charge in [-0.2, -0.15) is 10.2 Å². The lowest BCUT2D eigenvalue weighted by molar-refractivity contribution is 0.536. The highest BCUT2D eigenvalue weighted by molar-refractivity contribution is 7.78. The molecule has 0 aliphatic heterocycles. The van der Waals surface area contributed by atoms with Crippen LogP contribution < -0.4 is 5.43 Å². The van der Waals surface area contributed by atoms with Crippen molar-refractivity contribution in [2.24, 2.45) is 0 Å². The van der Waals surface area contributed by atoms with Crippen LogP contribution in [-0.2, 0) is 16.8 Å². The van der Waals surface area contributed by atoms with E-state index in [1.165, 1.54) is 6.07 Å². The van der Waals surface area contributed by atoms with E-state index in [1.54, 1.807) is 52.1 Å². The summed E-state index contributed by atoms with van der Waals surface area (Å²) in [7, 11) is 0. The van der Waals surface area contributed by atoms with Crippen LogP contribution >= 0.6 is 0 Å². The zero-order chi connectivity index (χ0) is 19.5. The number of benzene rings is 2. The van der Waals surface area contributed by atoms with Crippen LogP contribution in [-0.4, -0.2) is 28.3 Å². The second-order valence-corrected chi connectivity index (χ2v) is 6.95. The smallest absolute Gasteiger partial charge is 0.209 e. The second-order valence-electron chi connectivity index (χ2n) is 6.05. The van der Waals surface area contributed by atoms with Gasteiger partial charge in [0.25, 0.3) is 0 Å². The third-order valence-electron chi connectivity index (χ3n) is 4.18. The number of hydrogen-bond donors (Lipinski definition) is 0. The van der Waals surface area contributed by atoms with Crippen LogP contribution in [0.2, 0.25) is 0 Å². The first-order valence-electron chi connectivity index (χ1n) is 8.47. The van der Waals surface area contributed by atoms with E-state index < -0.39 is 11.1 Å². The van der Waals surface area contributed by atoms with Crippen molar-refractivity contribution in [3.63, 3.8) is 0 Å². The van der Waals surface area contributed by atoms with Gasteiger partial charge >= 0.3 is 0 Å². The van der Waals surface area contributed by atoms with Crippen molar-refractivity contribution in [2.45, 2.75) is 5.75 Å². The second kappa shape index (κ2) is 7.71. The molecule has 0 radical (unpaired) electrons. The van der Waals surface area contributed by atoms with Crippen molar-refractivity contribution in [2.75, 3.05) is 0 Å². The van der Waals surface area contributed by atoms with E-state index in [9.17, 15) is 13.6 Å². The molecule has 1 unspecified atom stereocenters. The molecular weight excluding hydrogens is 376 g/mol. The number of aromatic nitrogens is 4. The van der Waals surface area contributed by atoms with E-state index in [2.05, 4.69) is 10.2 Å². The van der Waals surface area contributed by atoms with Crippen LogP contribution in [0.25, 0.3) is 22.8 Å². The van der Waals surface area contributed by atoms with E-state index in [0.29, 0.717) is 16.9 Å². The fourth-order valence-electron chi connectivity index (χ4n) is 2.87. The summed E-state index contributed by atoms with van der Waals surface area (Å²) >= 11 is -2.14. The van der Waals surface area contributed by atoms with Gasteiger partial charge in [0.1, 0.15) is 0 Å². The molecule has 0 spiro atoms. The molecule has 4 aromatic rings. The first-order valence-corrected chi connectivity index (χ1v) is 9.71. The predicted molar refractivity (Wildman–Crippen MR) is 105 cm³/mol. The van der Waals surface area contributed by atoms with Gasteiger partial charge in [-0.05, 0) is 35.9 Å². The largest absolute Gasteiger partial charge is 0.772 e. The quantitative estimate of drug-likeness (QED) is 0.487. The maximum absolute atomic E-state index is 12.5. The molecule has 0 aliphatic carbocycles. The molecule has 28 heavy (non-hydrogen) atoms. The summed E-state index contributed by atoms with van der Waals surface area (Å²) in [5.74, 6) is -0.0423. The zero-order valence-electron chi connectivity index (χ0n) is 14.6. The fraction of sp³-hybridized carbons (Fsp3) is 0.0500. The van der Waals surface area contributed by atoms with Crippen LogP contribution in [0.4, 0.5) is 0 Å². The molecule has 0 fully saturated rings. The van der Waals surface area contributed by atoms with Gasteiger partial charge in [0.15, 0.2) is 5.69 Å². The van der Waals surface area contributed by atoms with Crippen LogP contribution in [0.15, 0.2) is 83.9 Å². The maximum Gasteiger partial charge on any atom is 0.209 e. The van der Waals surface area contributed by atoms with Crippen LogP contribution in [0, 0.1) is 0 Å². The molecule has 0 saturated carbocycles. The third kappa shape index (κ3) is 3.68. The van der Waals surface area contributed by atoms with E-state index in [0.717, 1.165) is 5.69 Å². The molecule has 8 heteroatoms. The van der Waals surface area contributed by atoms with Gasteiger partial charge in [-0.1, -0.05) is 41.4 Å². The van der Waals surface area contributed by atoms with Gasteiger partial charge in [-0.25, -0.2) is 9.36 Å². The third-order valence-corrected chi connectivity index (χ3v) is 4.75. The van der Waals surface area contributed by atoms with Crippen molar-refractivity contribution in [3.05, 3.63) is 94.9 Å². The number of hydrogen-bond acceptors (Lipinski definition) is 5. The monoisotopic (exact) mass is 391 g/mol. The van der Waals surface area contributed by atoms with Crippen LogP contribution in [0.3, 0.4) is 0 Å². The Morgan fingerprint density at radius 3 is 2.39 bits per heavy atom. The molecule has 0 saturated heterocycles. The minimum absolute atomic E-state index is 0.0423. The highest BCUT2D eigenvalue weighted by atomic mass is 32.2. The van der Waals surface area contributed by atoms with Gasteiger partial charge in [-0.3, -0.25) is 9.00 Å². The summed E-state index contributed by atoms with van der Waals surface area (Å²) in [4.78, 5) is 12.5. The highest BCUT2D eigenvalue weighted by Gasteiger charge is 2.13. The topological polar surface area (TPSA) is 92.8 Å². The van der Waals surface area contributed by atoms with E-state index in [4.69, 9.17) is 0 Å². The predicted octanol–water partition coefficient (Wildman–Crippen LogP) is 2.46. The minimum atomic E-state index is -2.14. The minimum Gasteiger partial charge on any atom is -0.772 e. The molecule has 0 bridgehead atoms. The first-order chi connectivity index (χ1) is 13.6. The Balaban J connectivity index is 1.74. The van der Waals surface area contributed by atoms with E-state index >= 15 is 0 Å². The molecule has 1 atom stereocenters. The van der Waals surface area contributed by atoms with Crippen LogP contribution in [0.1, 0.15) is 5.56 Å². The SMILES string of the molecule is O=c1ccn(-c2ccc(CS(=O)[O-])cc2)nc1-c1ccnn1-c1ccccc1. The van der Waals surface area contributed by atoms with Gasteiger partial charge in [-0.15, -0.1) is 0 Å². The van der Waals surface area contributed by atoms with Gasteiger partial charge in [0.05, 0.1) is 23.3 Å². The molecule has 7 nitrogen and oxygen atoms in total. The summed E-state index contributed by atoms with van der Waals surface area (Å²) in [5.41, 5.74) is 2.87. The van der Waals surface area contributed by atoms with Crippen molar-refractivity contribution in [1.82, 2.24) is 19.6 Å². The van der Waals surface area contributed by atoms with Crippen molar-refractivity contribution < 1.29 is 8.76 Å². The summed E-state index contributed by atoms with van der Waals surface area (Å²) < 4.78 is 24.9.